The van der Waals surface area contributed by atoms with Gasteiger partial charge in [0.2, 0.25) is 11.8 Å². The van der Waals surface area contributed by atoms with Crippen LogP contribution in [0.2, 0.25) is 5.02 Å². The van der Waals surface area contributed by atoms with Gasteiger partial charge in [0.25, 0.3) is 0 Å². The van der Waals surface area contributed by atoms with Crippen molar-refractivity contribution in [3.05, 3.63) is 29.3 Å². The first-order valence-electron chi connectivity index (χ1n) is 7.43. The van der Waals surface area contributed by atoms with Gasteiger partial charge >= 0.3 is 0 Å². The van der Waals surface area contributed by atoms with Crippen molar-refractivity contribution >= 4 is 29.1 Å². The molecule has 0 unspecified atom stereocenters. The molecular formula is C16H21ClN2O2. The van der Waals surface area contributed by atoms with Gasteiger partial charge in [0.15, 0.2) is 0 Å². The lowest BCUT2D eigenvalue weighted by Gasteiger charge is -2.23. The summed E-state index contributed by atoms with van der Waals surface area (Å²) in [4.78, 5) is 24.2. The standard InChI is InChI=1S/C16H21ClN2O2/c1-11(18-16(21)12-7-3-2-4-8-12)15(20)19-14-10-6-5-9-13(14)17/h5-6,9-12H,2-4,7-8H2,1H3,(H,18,21)(H,19,20)/t11-/m0/s1. The van der Waals surface area contributed by atoms with E-state index >= 15 is 0 Å². The number of carbonyl (C=O) groups is 2. The molecule has 4 nitrogen and oxygen atoms in total. The Balaban J connectivity index is 1.87. The van der Waals surface area contributed by atoms with Crippen LogP contribution in [-0.4, -0.2) is 17.9 Å². The van der Waals surface area contributed by atoms with E-state index in [0.717, 1.165) is 25.7 Å². The summed E-state index contributed by atoms with van der Waals surface area (Å²) in [6.45, 7) is 1.69. The van der Waals surface area contributed by atoms with E-state index in [1.807, 2.05) is 0 Å². The van der Waals surface area contributed by atoms with Gasteiger partial charge in [-0.2, -0.15) is 0 Å². The van der Waals surface area contributed by atoms with E-state index in [9.17, 15) is 9.59 Å². The smallest absolute Gasteiger partial charge is 0.246 e. The normalized spacial score (nSPS) is 17.0. The van der Waals surface area contributed by atoms with Crippen molar-refractivity contribution in [1.82, 2.24) is 5.32 Å². The topological polar surface area (TPSA) is 58.2 Å². The number of amides is 2. The molecule has 5 heteroatoms. The lowest BCUT2D eigenvalue weighted by atomic mass is 9.88. The van der Waals surface area contributed by atoms with Crippen LogP contribution in [-0.2, 0) is 9.59 Å². The third-order valence-corrected chi connectivity index (χ3v) is 4.19. The zero-order valence-electron chi connectivity index (χ0n) is 12.2. The zero-order valence-corrected chi connectivity index (χ0v) is 13.0. The Kier molecular flexibility index (Phi) is 5.62. The van der Waals surface area contributed by atoms with Gasteiger partial charge in [0, 0.05) is 5.92 Å². The van der Waals surface area contributed by atoms with Crippen molar-refractivity contribution in [2.75, 3.05) is 5.32 Å². The average Bonchev–Trinajstić information content (AvgIpc) is 2.50. The van der Waals surface area contributed by atoms with E-state index < -0.39 is 6.04 Å². The number of carbonyl (C=O) groups excluding carboxylic acids is 2. The molecule has 0 spiro atoms. The van der Waals surface area contributed by atoms with Gasteiger partial charge in [-0.15, -0.1) is 0 Å². The third-order valence-electron chi connectivity index (χ3n) is 3.86. The fourth-order valence-corrected chi connectivity index (χ4v) is 2.75. The van der Waals surface area contributed by atoms with Crippen LogP contribution in [0.15, 0.2) is 24.3 Å². The van der Waals surface area contributed by atoms with Gasteiger partial charge in [-0.25, -0.2) is 0 Å². The van der Waals surface area contributed by atoms with Crippen LogP contribution in [0, 0.1) is 5.92 Å². The molecule has 2 rings (SSSR count). The first kappa shape index (κ1) is 15.8. The number of hydrogen-bond donors (Lipinski definition) is 2. The lowest BCUT2D eigenvalue weighted by Crippen LogP contribution is -2.44. The van der Waals surface area contributed by atoms with Crippen LogP contribution in [0.5, 0.6) is 0 Å². The molecule has 1 aliphatic carbocycles. The van der Waals surface area contributed by atoms with Gasteiger partial charge in [0.1, 0.15) is 6.04 Å². The molecule has 1 aliphatic rings. The second kappa shape index (κ2) is 7.46. The minimum Gasteiger partial charge on any atom is -0.344 e. The van der Waals surface area contributed by atoms with Crippen molar-refractivity contribution in [3.63, 3.8) is 0 Å². The van der Waals surface area contributed by atoms with Crippen molar-refractivity contribution in [2.24, 2.45) is 5.92 Å². The quantitative estimate of drug-likeness (QED) is 0.896. The molecule has 0 saturated heterocycles. The molecule has 1 atom stereocenters. The molecule has 1 aromatic rings. The largest absolute Gasteiger partial charge is 0.344 e. The molecule has 0 aromatic heterocycles. The molecule has 1 saturated carbocycles. The number of para-hydroxylation sites is 1. The summed E-state index contributed by atoms with van der Waals surface area (Å²) >= 11 is 6.00. The van der Waals surface area contributed by atoms with Crippen LogP contribution in [0.1, 0.15) is 39.0 Å². The first-order valence-corrected chi connectivity index (χ1v) is 7.81. The second-order valence-corrected chi connectivity index (χ2v) is 5.94. The van der Waals surface area contributed by atoms with Crippen LogP contribution in [0.3, 0.4) is 0 Å². The second-order valence-electron chi connectivity index (χ2n) is 5.53. The number of rotatable bonds is 4. The van der Waals surface area contributed by atoms with Gasteiger partial charge in [-0.1, -0.05) is 43.0 Å². The van der Waals surface area contributed by atoms with Gasteiger partial charge < -0.3 is 10.6 Å². The summed E-state index contributed by atoms with van der Waals surface area (Å²) in [5, 5.41) is 6.01. The maximum atomic E-state index is 12.1. The molecular weight excluding hydrogens is 288 g/mol. The van der Waals surface area contributed by atoms with E-state index in [2.05, 4.69) is 10.6 Å². The molecule has 0 aliphatic heterocycles. The minimum absolute atomic E-state index is 0.0171. The molecule has 0 heterocycles. The van der Waals surface area contributed by atoms with Crippen molar-refractivity contribution in [2.45, 2.75) is 45.1 Å². The SMILES string of the molecule is C[C@H](NC(=O)C1CCCCC1)C(=O)Nc1ccccc1Cl. The minimum atomic E-state index is -0.573. The molecule has 21 heavy (non-hydrogen) atoms. The lowest BCUT2D eigenvalue weighted by molar-refractivity contribution is -0.129. The summed E-state index contributed by atoms with van der Waals surface area (Å²) in [5.41, 5.74) is 0.558. The highest BCUT2D eigenvalue weighted by Crippen LogP contribution is 2.24. The van der Waals surface area contributed by atoms with Crippen LogP contribution >= 0.6 is 11.6 Å². The Bertz CT molecular complexity index is 513. The van der Waals surface area contributed by atoms with Gasteiger partial charge in [0.05, 0.1) is 10.7 Å². The Morgan fingerprint density at radius 2 is 1.86 bits per heavy atom. The maximum Gasteiger partial charge on any atom is 0.246 e. The summed E-state index contributed by atoms with van der Waals surface area (Å²) in [6.07, 6.45) is 5.23. The van der Waals surface area contributed by atoms with E-state index in [-0.39, 0.29) is 17.7 Å². The first-order chi connectivity index (χ1) is 10.1. The summed E-state index contributed by atoms with van der Waals surface area (Å²) in [6, 6.07) is 6.47. The Hall–Kier alpha value is -1.55. The van der Waals surface area contributed by atoms with Crippen molar-refractivity contribution in [1.29, 1.82) is 0 Å². The van der Waals surface area contributed by atoms with Gasteiger partial charge in [-0.05, 0) is 31.9 Å². The van der Waals surface area contributed by atoms with Crippen LogP contribution < -0.4 is 10.6 Å². The summed E-state index contributed by atoms with van der Waals surface area (Å²) in [5.74, 6) is -0.224. The molecule has 0 bridgehead atoms. The Morgan fingerprint density at radius 3 is 2.52 bits per heavy atom. The van der Waals surface area contributed by atoms with Crippen LogP contribution in [0.25, 0.3) is 0 Å². The average molecular weight is 309 g/mol. The van der Waals surface area contributed by atoms with Gasteiger partial charge in [-0.3, -0.25) is 9.59 Å². The Morgan fingerprint density at radius 1 is 1.19 bits per heavy atom. The number of anilines is 1. The van der Waals surface area contributed by atoms with Crippen molar-refractivity contribution in [3.8, 4) is 0 Å². The zero-order chi connectivity index (χ0) is 15.2. The molecule has 1 fully saturated rings. The number of halogens is 1. The fraction of sp³-hybridized carbons (Fsp3) is 0.500. The maximum absolute atomic E-state index is 12.1. The van der Waals surface area contributed by atoms with E-state index in [1.54, 1.807) is 31.2 Å². The van der Waals surface area contributed by atoms with E-state index in [0.29, 0.717) is 10.7 Å². The predicted molar refractivity (Wildman–Crippen MR) is 84.3 cm³/mol. The molecule has 2 N–H and O–H groups in total. The molecule has 114 valence electrons. The summed E-state index contributed by atoms with van der Waals surface area (Å²) < 4.78 is 0. The summed E-state index contributed by atoms with van der Waals surface area (Å²) in [7, 11) is 0. The number of benzene rings is 1. The number of nitrogens with one attached hydrogen (secondary N) is 2. The molecule has 1 aromatic carbocycles. The predicted octanol–water partition coefficient (Wildman–Crippen LogP) is 3.36. The number of hydrogen-bond acceptors (Lipinski definition) is 2. The highest BCUT2D eigenvalue weighted by molar-refractivity contribution is 6.33. The van der Waals surface area contributed by atoms with E-state index in [1.165, 1.54) is 6.42 Å². The fourth-order valence-electron chi connectivity index (χ4n) is 2.57. The van der Waals surface area contributed by atoms with Crippen LogP contribution in [0.4, 0.5) is 5.69 Å². The van der Waals surface area contributed by atoms with Crippen molar-refractivity contribution < 1.29 is 9.59 Å². The highest BCUT2D eigenvalue weighted by atomic mass is 35.5. The van der Waals surface area contributed by atoms with E-state index in [4.69, 9.17) is 11.6 Å². The highest BCUT2D eigenvalue weighted by Gasteiger charge is 2.24. The molecule has 0 radical (unpaired) electrons. The molecule has 2 amide bonds. The third kappa shape index (κ3) is 4.46. The Labute approximate surface area is 130 Å². The monoisotopic (exact) mass is 308 g/mol.